The highest BCUT2D eigenvalue weighted by molar-refractivity contribution is 7.99. The SMILES string of the molecule is CCC(C)(C(=O)N1CCCSCC1)C(N)=S. The Labute approximate surface area is 107 Å². The van der Waals surface area contributed by atoms with E-state index in [9.17, 15) is 4.79 Å². The Balaban J connectivity index is 2.77. The van der Waals surface area contributed by atoms with E-state index in [1.54, 1.807) is 0 Å². The van der Waals surface area contributed by atoms with Crippen LogP contribution in [-0.2, 0) is 4.79 Å². The highest BCUT2D eigenvalue weighted by Crippen LogP contribution is 2.26. The Bertz CT molecular complexity index is 275. The van der Waals surface area contributed by atoms with Gasteiger partial charge < -0.3 is 10.6 Å². The smallest absolute Gasteiger partial charge is 0.235 e. The lowest BCUT2D eigenvalue weighted by molar-refractivity contribution is -0.137. The van der Waals surface area contributed by atoms with E-state index in [0.29, 0.717) is 11.4 Å². The molecule has 16 heavy (non-hydrogen) atoms. The number of nitrogens with zero attached hydrogens (tertiary/aromatic N) is 1. The number of amides is 1. The number of hydrogen-bond acceptors (Lipinski definition) is 3. The predicted octanol–water partition coefficient (Wildman–Crippen LogP) is 1.65. The van der Waals surface area contributed by atoms with Crippen LogP contribution in [0.15, 0.2) is 0 Å². The number of thioether (sulfide) groups is 1. The number of rotatable bonds is 3. The van der Waals surface area contributed by atoms with E-state index < -0.39 is 5.41 Å². The maximum Gasteiger partial charge on any atom is 0.235 e. The molecule has 1 atom stereocenters. The van der Waals surface area contributed by atoms with Crippen molar-refractivity contribution >= 4 is 34.9 Å². The molecule has 0 aromatic heterocycles. The number of carbonyl (C=O) groups excluding carboxylic acids is 1. The zero-order chi connectivity index (χ0) is 12.2. The third kappa shape index (κ3) is 2.88. The zero-order valence-electron chi connectivity index (χ0n) is 9.99. The van der Waals surface area contributed by atoms with Crippen LogP contribution in [0.4, 0.5) is 0 Å². The van der Waals surface area contributed by atoms with Crippen molar-refractivity contribution in [2.24, 2.45) is 11.1 Å². The summed E-state index contributed by atoms with van der Waals surface area (Å²) in [6.07, 6.45) is 1.73. The number of carbonyl (C=O) groups is 1. The highest BCUT2D eigenvalue weighted by Gasteiger charge is 2.37. The van der Waals surface area contributed by atoms with Gasteiger partial charge in [0.15, 0.2) is 0 Å². The molecular formula is C11H20N2OS2. The van der Waals surface area contributed by atoms with Crippen LogP contribution in [-0.4, -0.2) is 40.4 Å². The fourth-order valence-electron chi connectivity index (χ4n) is 1.73. The second-order valence-corrected chi connectivity index (χ2v) is 5.97. The molecular weight excluding hydrogens is 240 g/mol. The van der Waals surface area contributed by atoms with E-state index in [1.807, 2.05) is 30.5 Å². The molecule has 1 saturated heterocycles. The van der Waals surface area contributed by atoms with Crippen LogP contribution >= 0.6 is 24.0 Å². The van der Waals surface area contributed by atoms with Crippen LogP contribution in [0.1, 0.15) is 26.7 Å². The molecule has 0 radical (unpaired) electrons. The van der Waals surface area contributed by atoms with Gasteiger partial charge in [-0.25, -0.2) is 0 Å². The topological polar surface area (TPSA) is 46.3 Å². The van der Waals surface area contributed by atoms with Crippen molar-refractivity contribution in [1.29, 1.82) is 0 Å². The second kappa shape index (κ2) is 5.87. The molecule has 3 nitrogen and oxygen atoms in total. The van der Waals surface area contributed by atoms with Gasteiger partial charge in [0.05, 0.1) is 10.4 Å². The average Bonchev–Trinajstić information content (AvgIpc) is 2.55. The lowest BCUT2D eigenvalue weighted by atomic mass is 9.85. The van der Waals surface area contributed by atoms with E-state index in [0.717, 1.165) is 31.0 Å². The molecule has 5 heteroatoms. The largest absolute Gasteiger partial charge is 0.392 e. The first-order valence-electron chi connectivity index (χ1n) is 5.69. The lowest BCUT2D eigenvalue weighted by Gasteiger charge is -2.32. The van der Waals surface area contributed by atoms with Crippen LogP contribution in [0.2, 0.25) is 0 Å². The first-order chi connectivity index (χ1) is 7.52. The monoisotopic (exact) mass is 260 g/mol. The summed E-state index contributed by atoms with van der Waals surface area (Å²) in [6.45, 7) is 5.48. The standard InChI is InChI=1S/C11H20N2OS2/c1-3-11(2,9(12)15)10(14)13-5-4-7-16-8-6-13/h3-8H2,1-2H3,(H2,12,15). The molecule has 2 N–H and O–H groups in total. The Morgan fingerprint density at radius 1 is 1.50 bits per heavy atom. The molecule has 0 spiro atoms. The quantitative estimate of drug-likeness (QED) is 0.784. The maximum absolute atomic E-state index is 12.4. The molecule has 0 aromatic carbocycles. The van der Waals surface area contributed by atoms with Crippen molar-refractivity contribution in [3.63, 3.8) is 0 Å². The summed E-state index contributed by atoms with van der Waals surface area (Å²) in [4.78, 5) is 14.6. The van der Waals surface area contributed by atoms with Crippen LogP contribution in [0.3, 0.4) is 0 Å². The van der Waals surface area contributed by atoms with Gasteiger partial charge in [-0.1, -0.05) is 19.1 Å². The second-order valence-electron chi connectivity index (χ2n) is 4.31. The molecule has 1 amide bonds. The summed E-state index contributed by atoms with van der Waals surface area (Å²) in [7, 11) is 0. The Morgan fingerprint density at radius 2 is 2.19 bits per heavy atom. The minimum atomic E-state index is -0.662. The van der Waals surface area contributed by atoms with E-state index >= 15 is 0 Å². The van der Waals surface area contributed by atoms with Gasteiger partial charge in [0.2, 0.25) is 5.91 Å². The van der Waals surface area contributed by atoms with E-state index in [2.05, 4.69) is 0 Å². The Kier molecular flexibility index (Phi) is 5.05. The molecule has 92 valence electrons. The number of hydrogen-bond donors (Lipinski definition) is 1. The summed E-state index contributed by atoms with van der Waals surface area (Å²) in [6, 6.07) is 0. The molecule has 1 rings (SSSR count). The zero-order valence-corrected chi connectivity index (χ0v) is 11.6. The normalized spacial score (nSPS) is 21.0. The van der Waals surface area contributed by atoms with Gasteiger partial charge in [0, 0.05) is 18.8 Å². The Morgan fingerprint density at radius 3 is 2.75 bits per heavy atom. The van der Waals surface area contributed by atoms with E-state index in [-0.39, 0.29) is 5.91 Å². The minimum Gasteiger partial charge on any atom is -0.392 e. The van der Waals surface area contributed by atoms with E-state index in [4.69, 9.17) is 18.0 Å². The lowest BCUT2D eigenvalue weighted by Crippen LogP contribution is -2.49. The Hall–Kier alpha value is -0.290. The third-order valence-corrected chi connectivity index (χ3v) is 4.73. The number of nitrogens with two attached hydrogens (primary N) is 1. The highest BCUT2D eigenvalue weighted by atomic mass is 32.2. The van der Waals surface area contributed by atoms with Crippen LogP contribution < -0.4 is 5.73 Å². The molecule has 0 bridgehead atoms. The molecule has 0 saturated carbocycles. The average molecular weight is 260 g/mol. The van der Waals surface area contributed by atoms with Crippen molar-refractivity contribution in [3.05, 3.63) is 0 Å². The molecule has 0 aromatic rings. The molecule has 1 aliphatic rings. The van der Waals surface area contributed by atoms with Crippen molar-refractivity contribution in [1.82, 2.24) is 4.90 Å². The van der Waals surface area contributed by atoms with Crippen LogP contribution in [0, 0.1) is 5.41 Å². The first-order valence-corrected chi connectivity index (χ1v) is 7.25. The summed E-state index contributed by atoms with van der Waals surface area (Å²) in [5.41, 5.74) is 5.04. The fourth-order valence-corrected chi connectivity index (χ4v) is 2.85. The summed E-state index contributed by atoms with van der Waals surface area (Å²) < 4.78 is 0. The predicted molar refractivity (Wildman–Crippen MR) is 73.7 cm³/mol. The van der Waals surface area contributed by atoms with Crippen LogP contribution in [0.25, 0.3) is 0 Å². The molecule has 1 fully saturated rings. The van der Waals surface area contributed by atoms with Gasteiger partial charge in [-0.2, -0.15) is 11.8 Å². The van der Waals surface area contributed by atoms with Crippen molar-refractivity contribution < 1.29 is 4.79 Å². The molecule has 1 unspecified atom stereocenters. The molecule has 1 aliphatic heterocycles. The summed E-state index contributed by atoms with van der Waals surface area (Å²) >= 11 is 6.94. The number of thiocarbonyl (C=S) groups is 1. The van der Waals surface area contributed by atoms with Gasteiger partial charge in [-0.05, 0) is 25.5 Å². The van der Waals surface area contributed by atoms with Gasteiger partial charge in [-0.15, -0.1) is 0 Å². The van der Waals surface area contributed by atoms with E-state index in [1.165, 1.54) is 0 Å². The van der Waals surface area contributed by atoms with Crippen molar-refractivity contribution in [3.8, 4) is 0 Å². The van der Waals surface area contributed by atoms with Crippen molar-refractivity contribution in [2.45, 2.75) is 26.7 Å². The third-order valence-electron chi connectivity index (χ3n) is 3.23. The first kappa shape index (κ1) is 13.8. The summed E-state index contributed by atoms with van der Waals surface area (Å²) in [5.74, 6) is 2.26. The van der Waals surface area contributed by atoms with Crippen LogP contribution in [0.5, 0.6) is 0 Å². The minimum absolute atomic E-state index is 0.102. The molecule has 1 heterocycles. The van der Waals surface area contributed by atoms with Gasteiger partial charge in [0.1, 0.15) is 0 Å². The maximum atomic E-state index is 12.4. The summed E-state index contributed by atoms with van der Waals surface area (Å²) in [5, 5.41) is 0. The van der Waals surface area contributed by atoms with Gasteiger partial charge in [0.25, 0.3) is 0 Å². The van der Waals surface area contributed by atoms with Gasteiger partial charge >= 0.3 is 0 Å². The fraction of sp³-hybridized carbons (Fsp3) is 0.818. The van der Waals surface area contributed by atoms with Crippen molar-refractivity contribution in [2.75, 3.05) is 24.6 Å². The molecule has 0 aliphatic carbocycles. The van der Waals surface area contributed by atoms with Gasteiger partial charge in [-0.3, -0.25) is 4.79 Å².